The number of benzene rings is 4. The molecular formula is C30H25NO6S. The summed E-state index contributed by atoms with van der Waals surface area (Å²) in [7, 11) is -4.01. The molecule has 0 saturated carbocycles. The van der Waals surface area contributed by atoms with E-state index < -0.39 is 16.0 Å². The standard InChI is InChI=1S/C30H25NO6S/c1-21-27-20-26(16-17-28(27)37-29(21)30(32)33)38(34,35)31(19-18-22-8-4-2-5-9-22)23-12-14-25(15-13-23)36-24-10-6-3-7-11-24/h2-17,20H,18-19H2,1H3,(H,32,33). The molecule has 192 valence electrons. The monoisotopic (exact) mass is 527 g/mol. The van der Waals surface area contributed by atoms with Crippen molar-refractivity contribution in [3.8, 4) is 11.5 Å². The van der Waals surface area contributed by atoms with E-state index in [4.69, 9.17) is 9.15 Å². The van der Waals surface area contributed by atoms with Crippen LogP contribution in [0.4, 0.5) is 5.69 Å². The number of aryl methyl sites for hydroxylation is 1. The average molecular weight is 528 g/mol. The largest absolute Gasteiger partial charge is 0.475 e. The number of anilines is 1. The van der Waals surface area contributed by atoms with Crippen molar-refractivity contribution in [1.29, 1.82) is 0 Å². The Bertz CT molecular complexity index is 1680. The highest BCUT2D eigenvalue weighted by molar-refractivity contribution is 7.92. The Labute approximate surface area is 220 Å². The second-order valence-electron chi connectivity index (χ2n) is 8.74. The van der Waals surface area contributed by atoms with Gasteiger partial charge in [0.2, 0.25) is 5.76 Å². The Morgan fingerprint density at radius 3 is 2.16 bits per heavy atom. The molecule has 4 aromatic carbocycles. The smallest absolute Gasteiger partial charge is 0.372 e. The van der Waals surface area contributed by atoms with Crippen molar-refractivity contribution in [2.75, 3.05) is 10.8 Å². The van der Waals surface area contributed by atoms with Crippen LogP contribution >= 0.6 is 0 Å². The maximum Gasteiger partial charge on any atom is 0.372 e. The van der Waals surface area contributed by atoms with Crippen molar-refractivity contribution in [2.45, 2.75) is 18.2 Å². The predicted octanol–water partition coefficient (Wildman–Crippen LogP) is 6.67. The van der Waals surface area contributed by atoms with Gasteiger partial charge in [0.25, 0.3) is 10.0 Å². The van der Waals surface area contributed by atoms with E-state index in [1.165, 1.54) is 22.5 Å². The summed E-state index contributed by atoms with van der Waals surface area (Å²) in [5.74, 6) is -0.148. The Morgan fingerprint density at radius 2 is 1.50 bits per heavy atom. The number of fused-ring (bicyclic) bond motifs is 1. The van der Waals surface area contributed by atoms with Crippen LogP contribution in [0, 0.1) is 6.92 Å². The van der Waals surface area contributed by atoms with E-state index in [1.807, 2.05) is 60.7 Å². The number of nitrogens with zero attached hydrogens (tertiary/aromatic N) is 1. The minimum Gasteiger partial charge on any atom is -0.475 e. The van der Waals surface area contributed by atoms with E-state index in [0.717, 1.165) is 5.56 Å². The second-order valence-corrected chi connectivity index (χ2v) is 10.6. The molecule has 0 saturated heterocycles. The van der Waals surface area contributed by atoms with Crippen molar-refractivity contribution < 1.29 is 27.5 Å². The van der Waals surface area contributed by atoms with E-state index in [2.05, 4.69) is 0 Å². The van der Waals surface area contributed by atoms with Gasteiger partial charge >= 0.3 is 5.97 Å². The zero-order valence-corrected chi connectivity index (χ0v) is 21.4. The third kappa shape index (κ3) is 5.12. The Hall–Kier alpha value is -4.56. The Morgan fingerprint density at radius 1 is 0.868 bits per heavy atom. The fourth-order valence-corrected chi connectivity index (χ4v) is 5.75. The summed E-state index contributed by atoms with van der Waals surface area (Å²) in [6.45, 7) is 1.80. The summed E-state index contributed by atoms with van der Waals surface area (Å²) >= 11 is 0. The second kappa shape index (κ2) is 10.4. The molecule has 0 aliphatic carbocycles. The maximum atomic E-state index is 14.0. The zero-order valence-electron chi connectivity index (χ0n) is 20.6. The van der Waals surface area contributed by atoms with Crippen LogP contribution in [0.1, 0.15) is 21.7 Å². The lowest BCUT2D eigenvalue weighted by Gasteiger charge is -2.25. The number of carboxylic acid groups (broad SMARTS) is 1. The molecule has 0 aliphatic heterocycles. The minimum absolute atomic E-state index is 0.0449. The van der Waals surface area contributed by atoms with Gasteiger partial charge in [-0.2, -0.15) is 0 Å². The van der Waals surface area contributed by atoms with Gasteiger partial charge in [-0.3, -0.25) is 4.31 Å². The normalized spacial score (nSPS) is 11.4. The summed E-state index contributed by atoms with van der Waals surface area (Å²) in [5, 5.41) is 9.84. The lowest BCUT2D eigenvalue weighted by atomic mass is 10.1. The maximum absolute atomic E-state index is 14.0. The molecule has 1 N–H and O–H groups in total. The molecule has 38 heavy (non-hydrogen) atoms. The van der Waals surface area contributed by atoms with E-state index in [-0.39, 0.29) is 17.2 Å². The lowest BCUT2D eigenvalue weighted by Crippen LogP contribution is -2.33. The molecule has 0 unspecified atom stereocenters. The van der Waals surface area contributed by atoms with Gasteiger partial charge in [-0.25, -0.2) is 13.2 Å². The number of para-hydroxylation sites is 1. The number of carboxylic acids is 1. The van der Waals surface area contributed by atoms with E-state index in [9.17, 15) is 18.3 Å². The van der Waals surface area contributed by atoms with Gasteiger partial charge in [-0.05, 0) is 73.5 Å². The average Bonchev–Trinajstić information content (AvgIpc) is 3.27. The molecule has 0 spiro atoms. The summed E-state index contributed by atoms with van der Waals surface area (Å²) < 4.78 is 40.6. The van der Waals surface area contributed by atoms with Crippen molar-refractivity contribution in [1.82, 2.24) is 0 Å². The van der Waals surface area contributed by atoms with Gasteiger partial charge in [0.1, 0.15) is 17.1 Å². The molecule has 0 bridgehead atoms. The fraction of sp³-hybridized carbons (Fsp3) is 0.100. The van der Waals surface area contributed by atoms with Crippen LogP contribution in [0.2, 0.25) is 0 Å². The number of hydrogen-bond acceptors (Lipinski definition) is 5. The number of carbonyl (C=O) groups is 1. The molecule has 0 atom stereocenters. The highest BCUT2D eigenvalue weighted by Gasteiger charge is 2.27. The molecule has 5 aromatic rings. The van der Waals surface area contributed by atoms with Crippen LogP contribution in [-0.4, -0.2) is 26.0 Å². The van der Waals surface area contributed by atoms with Crippen LogP contribution in [0.15, 0.2) is 112 Å². The van der Waals surface area contributed by atoms with E-state index >= 15 is 0 Å². The van der Waals surface area contributed by atoms with Crippen molar-refractivity contribution in [2.24, 2.45) is 0 Å². The molecule has 1 aromatic heterocycles. The molecule has 8 heteroatoms. The topological polar surface area (TPSA) is 97.0 Å². The summed E-state index contributed by atoms with van der Waals surface area (Å²) in [4.78, 5) is 11.5. The van der Waals surface area contributed by atoms with E-state index in [0.29, 0.717) is 40.1 Å². The van der Waals surface area contributed by atoms with Gasteiger partial charge in [-0.1, -0.05) is 48.5 Å². The quantitative estimate of drug-likeness (QED) is 0.230. The Kier molecular flexibility index (Phi) is 6.89. The molecule has 0 aliphatic rings. The van der Waals surface area contributed by atoms with Gasteiger partial charge in [0.05, 0.1) is 10.6 Å². The molecule has 7 nitrogen and oxygen atoms in total. The SMILES string of the molecule is Cc1c(C(=O)O)oc2ccc(S(=O)(=O)N(CCc3ccccc3)c3ccc(Oc4ccccc4)cc3)cc12. The van der Waals surface area contributed by atoms with Crippen LogP contribution < -0.4 is 9.04 Å². The predicted molar refractivity (Wildman–Crippen MR) is 146 cm³/mol. The third-order valence-electron chi connectivity index (χ3n) is 6.24. The fourth-order valence-electron chi connectivity index (χ4n) is 4.26. The van der Waals surface area contributed by atoms with Crippen LogP contribution in [0.5, 0.6) is 11.5 Å². The number of sulfonamides is 1. The summed E-state index contributed by atoms with van der Waals surface area (Å²) in [5.41, 5.74) is 2.18. The molecule has 0 radical (unpaired) electrons. The highest BCUT2D eigenvalue weighted by atomic mass is 32.2. The van der Waals surface area contributed by atoms with Crippen molar-refractivity contribution >= 4 is 32.6 Å². The van der Waals surface area contributed by atoms with Gasteiger partial charge in [0.15, 0.2) is 0 Å². The number of furan rings is 1. The summed E-state index contributed by atoms with van der Waals surface area (Å²) in [6, 6.07) is 30.3. The number of aromatic carboxylic acids is 1. The number of hydrogen-bond donors (Lipinski definition) is 1. The van der Waals surface area contributed by atoms with E-state index in [1.54, 1.807) is 31.2 Å². The molecule has 0 amide bonds. The first-order valence-corrected chi connectivity index (χ1v) is 13.4. The molecule has 1 heterocycles. The minimum atomic E-state index is -4.01. The third-order valence-corrected chi connectivity index (χ3v) is 8.06. The van der Waals surface area contributed by atoms with Crippen LogP contribution in [0.3, 0.4) is 0 Å². The molecule has 5 rings (SSSR count). The first kappa shape index (κ1) is 25.1. The van der Waals surface area contributed by atoms with Crippen molar-refractivity contribution in [3.05, 3.63) is 120 Å². The first-order chi connectivity index (χ1) is 18.3. The van der Waals surface area contributed by atoms with Gasteiger partial charge in [0, 0.05) is 17.5 Å². The highest BCUT2D eigenvalue weighted by Crippen LogP contribution is 2.32. The van der Waals surface area contributed by atoms with Crippen LogP contribution in [0.25, 0.3) is 11.0 Å². The first-order valence-electron chi connectivity index (χ1n) is 12.0. The zero-order chi connectivity index (χ0) is 26.7. The lowest BCUT2D eigenvalue weighted by molar-refractivity contribution is 0.0664. The summed E-state index contributed by atoms with van der Waals surface area (Å²) in [6.07, 6.45) is 0.498. The van der Waals surface area contributed by atoms with Gasteiger partial charge in [-0.15, -0.1) is 0 Å². The molecule has 0 fully saturated rings. The van der Waals surface area contributed by atoms with Crippen LogP contribution in [-0.2, 0) is 16.4 Å². The Balaban J connectivity index is 1.51. The molecular weight excluding hydrogens is 502 g/mol. The number of ether oxygens (including phenoxy) is 1. The number of rotatable bonds is 9. The van der Waals surface area contributed by atoms with Gasteiger partial charge < -0.3 is 14.3 Å². The van der Waals surface area contributed by atoms with Crippen molar-refractivity contribution in [3.63, 3.8) is 0 Å².